The molecule has 23 heavy (non-hydrogen) atoms. The number of nitrogens with zero attached hydrogens (tertiary/aromatic N) is 2. The second-order valence-electron chi connectivity index (χ2n) is 5.65. The zero-order valence-corrected chi connectivity index (χ0v) is 13.5. The van der Waals surface area contributed by atoms with Crippen LogP contribution in [0.15, 0.2) is 79.1 Å². The van der Waals surface area contributed by atoms with Crippen molar-refractivity contribution in [3.05, 3.63) is 95.8 Å². The van der Waals surface area contributed by atoms with Gasteiger partial charge in [-0.25, -0.2) is 0 Å². The van der Waals surface area contributed by atoms with Crippen LogP contribution in [0.5, 0.6) is 0 Å². The van der Waals surface area contributed by atoms with Crippen molar-refractivity contribution in [1.29, 1.82) is 0 Å². The average Bonchev–Trinajstić information content (AvgIpc) is 2.61. The Hall–Kier alpha value is -2.87. The Morgan fingerprint density at radius 1 is 0.783 bits per heavy atom. The monoisotopic (exact) mass is 300 g/mol. The molecule has 0 amide bonds. The van der Waals surface area contributed by atoms with Crippen molar-refractivity contribution in [3.8, 4) is 0 Å². The van der Waals surface area contributed by atoms with Gasteiger partial charge in [0.05, 0.1) is 0 Å². The Morgan fingerprint density at radius 3 is 2.00 bits per heavy atom. The summed E-state index contributed by atoms with van der Waals surface area (Å²) in [5.41, 5.74) is 5.96. The van der Waals surface area contributed by atoms with E-state index < -0.39 is 0 Å². The number of rotatable bonds is 4. The summed E-state index contributed by atoms with van der Waals surface area (Å²) in [5, 5.41) is 0. The van der Waals surface area contributed by atoms with Crippen LogP contribution in [0.3, 0.4) is 0 Å². The molecule has 1 aromatic heterocycles. The minimum absolute atomic E-state index is 1.17. The first kappa shape index (κ1) is 15.0. The van der Waals surface area contributed by atoms with Gasteiger partial charge in [0.2, 0.25) is 0 Å². The van der Waals surface area contributed by atoms with Crippen LogP contribution in [0.2, 0.25) is 0 Å². The fourth-order valence-corrected chi connectivity index (χ4v) is 2.52. The highest BCUT2D eigenvalue weighted by Gasteiger charge is 2.05. The second kappa shape index (κ2) is 6.93. The smallest absolute Gasteiger partial charge is 0.0361 e. The van der Waals surface area contributed by atoms with Crippen LogP contribution in [0.4, 0.5) is 5.69 Å². The number of benzene rings is 2. The summed E-state index contributed by atoms with van der Waals surface area (Å²) >= 11 is 0. The summed E-state index contributed by atoms with van der Waals surface area (Å²) in [6.07, 6.45) is 5.90. The van der Waals surface area contributed by atoms with E-state index >= 15 is 0 Å². The number of pyridine rings is 1. The van der Waals surface area contributed by atoms with E-state index in [0.717, 1.165) is 0 Å². The molecular formula is C21H20N2. The fourth-order valence-electron chi connectivity index (χ4n) is 2.52. The number of hydrogen-bond donors (Lipinski definition) is 0. The summed E-state index contributed by atoms with van der Waals surface area (Å²) in [6, 6.07) is 23.1. The Kier molecular flexibility index (Phi) is 4.53. The fraction of sp³-hybridized carbons (Fsp3) is 0.0952. The average molecular weight is 300 g/mol. The summed E-state index contributed by atoms with van der Waals surface area (Å²) in [6.45, 7) is 0. The normalized spacial score (nSPS) is 11.3. The molecule has 0 aliphatic carbocycles. The zero-order valence-electron chi connectivity index (χ0n) is 13.5. The molecule has 0 saturated carbocycles. The molecule has 0 fully saturated rings. The van der Waals surface area contributed by atoms with Crippen LogP contribution in [0.25, 0.3) is 11.6 Å². The molecule has 3 aromatic rings. The van der Waals surface area contributed by atoms with Crippen LogP contribution >= 0.6 is 0 Å². The maximum absolute atomic E-state index is 4.13. The molecule has 0 aliphatic rings. The van der Waals surface area contributed by atoms with E-state index in [4.69, 9.17) is 0 Å². The van der Waals surface area contributed by atoms with Gasteiger partial charge in [-0.15, -0.1) is 0 Å². The molecule has 1 heterocycles. The van der Waals surface area contributed by atoms with Crippen molar-refractivity contribution in [1.82, 2.24) is 4.98 Å². The first-order valence-electron chi connectivity index (χ1n) is 7.69. The molecule has 0 bridgehead atoms. The summed E-state index contributed by atoms with van der Waals surface area (Å²) in [4.78, 5) is 6.23. The maximum Gasteiger partial charge on any atom is 0.0361 e. The molecule has 0 unspecified atom stereocenters. The second-order valence-corrected chi connectivity index (χ2v) is 5.65. The van der Waals surface area contributed by atoms with Crippen molar-refractivity contribution < 1.29 is 0 Å². The first-order chi connectivity index (χ1) is 11.2. The van der Waals surface area contributed by atoms with Crippen LogP contribution in [-0.2, 0) is 0 Å². The van der Waals surface area contributed by atoms with E-state index in [9.17, 15) is 0 Å². The van der Waals surface area contributed by atoms with Crippen LogP contribution < -0.4 is 4.90 Å². The summed E-state index contributed by atoms with van der Waals surface area (Å²) in [7, 11) is 4.11. The zero-order chi connectivity index (χ0) is 16.1. The third-order valence-corrected chi connectivity index (χ3v) is 3.80. The predicted molar refractivity (Wildman–Crippen MR) is 98.4 cm³/mol. The lowest BCUT2D eigenvalue weighted by Crippen LogP contribution is -2.07. The first-order valence-corrected chi connectivity index (χ1v) is 7.69. The summed E-state index contributed by atoms with van der Waals surface area (Å²) in [5.74, 6) is 0. The van der Waals surface area contributed by atoms with E-state index in [2.05, 4.69) is 78.6 Å². The standard InChI is InChI=1S/C21H20N2/c1-23(2)20-10-8-17(9-11-20)16-21(18-6-4-3-5-7-18)19-12-14-22-15-13-19/h3-16H,1-2H3. The van der Waals surface area contributed by atoms with Gasteiger partial charge in [-0.1, -0.05) is 42.5 Å². The third kappa shape index (κ3) is 3.67. The highest BCUT2D eigenvalue weighted by molar-refractivity contribution is 5.91. The Balaban J connectivity index is 2.05. The number of hydrogen-bond acceptors (Lipinski definition) is 2. The van der Waals surface area contributed by atoms with Gasteiger partial charge >= 0.3 is 0 Å². The molecule has 0 radical (unpaired) electrons. The van der Waals surface area contributed by atoms with Gasteiger partial charge in [-0.2, -0.15) is 0 Å². The van der Waals surface area contributed by atoms with Gasteiger partial charge in [-0.05, 0) is 52.6 Å². The molecule has 0 saturated heterocycles. The summed E-state index contributed by atoms with van der Waals surface area (Å²) < 4.78 is 0. The predicted octanol–water partition coefficient (Wildman–Crippen LogP) is 4.74. The minimum Gasteiger partial charge on any atom is -0.378 e. The van der Waals surface area contributed by atoms with Crippen LogP contribution in [0, 0.1) is 0 Å². The Bertz CT molecular complexity index is 732. The molecule has 0 atom stereocenters. The molecular weight excluding hydrogens is 280 g/mol. The van der Waals surface area contributed by atoms with Crippen molar-refractivity contribution in [2.75, 3.05) is 19.0 Å². The lowest BCUT2D eigenvalue weighted by molar-refractivity contribution is 1.13. The molecule has 3 rings (SSSR count). The van der Waals surface area contributed by atoms with Crippen molar-refractivity contribution in [3.63, 3.8) is 0 Å². The molecule has 2 heteroatoms. The maximum atomic E-state index is 4.13. The molecule has 0 aliphatic heterocycles. The highest BCUT2D eigenvalue weighted by atomic mass is 15.1. The van der Waals surface area contributed by atoms with Crippen molar-refractivity contribution in [2.45, 2.75) is 0 Å². The van der Waals surface area contributed by atoms with E-state index in [0.29, 0.717) is 0 Å². The van der Waals surface area contributed by atoms with Crippen molar-refractivity contribution in [2.24, 2.45) is 0 Å². The quantitative estimate of drug-likeness (QED) is 0.647. The highest BCUT2D eigenvalue weighted by Crippen LogP contribution is 2.26. The van der Waals surface area contributed by atoms with Crippen LogP contribution in [0.1, 0.15) is 16.7 Å². The lowest BCUT2D eigenvalue weighted by Gasteiger charge is -2.13. The van der Waals surface area contributed by atoms with E-state index in [1.54, 1.807) is 0 Å². The molecule has 0 spiro atoms. The lowest BCUT2D eigenvalue weighted by atomic mass is 9.96. The van der Waals surface area contributed by atoms with Gasteiger partial charge in [0.25, 0.3) is 0 Å². The van der Waals surface area contributed by atoms with Gasteiger partial charge in [0.15, 0.2) is 0 Å². The SMILES string of the molecule is CN(C)c1ccc(C=C(c2ccccc2)c2ccncc2)cc1. The molecule has 114 valence electrons. The van der Waals surface area contributed by atoms with Crippen molar-refractivity contribution >= 4 is 17.3 Å². The molecule has 0 N–H and O–H groups in total. The third-order valence-electron chi connectivity index (χ3n) is 3.80. The topological polar surface area (TPSA) is 16.1 Å². The van der Waals surface area contributed by atoms with Gasteiger partial charge < -0.3 is 4.90 Å². The Labute approximate surface area is 137 Å². The minimum atomic E-state index is 1.17. The van der Waals surface area contributed by atoms with Gasteiger partial charge in [0.1, 0.15) is 0 Å². The van der Waals surface area contributed by atoms with Crippen LogP contribution in [-0.4, -0.2) is 19.1 Å². The van der Waals surface area contributed by atoms with Gasteiger partial charge in [0, 0.05) is 32.2 Å². The number of anilines is 1. The Morgan fingerprint density at radius 2 is 1.39 bits per heavy atom. The van der Waals surface area contributed by atoms with E-state index in [-0.39, 0.29) is 0 Å². The molecule has 2 aromatic carbocycles. The van der Waals surface area contributed by atoms with E-state index in [1.807, 2.05) is 30.6 Å². The molecule has 2 nitrogen and oxygen atoms in total. The van der Waals surface area contributed by atoms with Gasteiger partial charge in [-0.3, -0.25) is 4.98 Å². The number of aromatic nitrogens is 1. The van der Waals surface area contributed by atoms with E-state index in [1.165, 1.54) is 28.0 Å². The largest absolute Gasteiger partial charge is 0.378 e.